The third-order valence-corrected chi connectivity index (χ3v) is 10.3. The lowest BCUT2D eigenvalue weighted by Gasteiger charge is -2.44. The van der Waals surface area contributed by atoms with E-state index in [1.165, 1.54) is 0 Å². The van der Waals surface area contributed by atoms with E-state index in [1.54, 1.807) is 13.8 Å². The summed E-state index contributed by atoms with van der Waals surface area (Å²) in [6, 6.07) is 3.84. The van der Waals surface area contributed by atoms with E-state index in [4.69, 9.17) is 3.79 Å². The predicted molar refractivity (Wildman–Crippen MR) is 141 cm³/mol. The Labute approximate surface area is 260 Å². The zero-order chi connectivity index (χ0) is 35.3. The van der Waals surface area contributed by atoms with Crippen molar-refractivity contribution < 1.29 is 69.6 Å². The number of benzene rings is 4. The zero-order valence-corrected chi connectivity index (χ0v) is 24.8. The highest BCUT2D eigenvalue weighted by molar-refractivity contribution is 7.11. The zero-order valence-electron chi connectivity index (χ0n) is 23.7. The molecule has 0 spiro atoms. The van der Waals surface area contributed by atoms with Gasteiger partial charge >= 0.3 is 14.5 Å². The average molecular weight is 703 g/mol. The molecule has 0 aliphatic rings. The summed E-state index contributed by atoms with van der Waals surface area (Å²) in [5.41, 5.74) is -8.56. The van der Waals surface area contributed by atoms with Gasteiger partial charge in [0.2, 0.25) is 0 Å². The standard InChI is InChI=1S/C25H7BF15O.2C2H5.Al/c27-11-8(12(28)18(34)23(39)17(11)33)26(5-6-1-3-7(42)4-2-6,9-13(29)19(35)24(40)20(36)14(9)30)10-15(31)21(37)25(41)22(38)16(10)32;2*1-2;/h1-4,42H,5H2;2*1H2,2H3;/q-1;;;+1/p-1. The molecule has 0 aromatic heterocycles. The number of hydrogen-bond acceptors (Lipinski definition) is 1. The minimum atomic E-state index is -5.67. The van der Waals surface area contributed by atoms with Crippen LogP contribution in [0, 0.1) is 87.3 Å². The number of hydrogen-bond donors (Lipinski definition) is 0. The van der Waals surface area contributed by atoms with Crippen LogP contribution in [0.5, 0.6) is 5.75 Å². The summed E-state index contributed by atoms with van der Waals surface area (Å²) in [6.45, 7) is 3.59. The van der Waals surface area contributed by atoms with Crippen molar-refractivity contribution in [1.29, 1.82) is 0 Å². The van der Waals surface area contributed by atoms with Crippen molar-refractivity contribution in [3.8, 4) is 5.75 Å². The van der Waals surface area contributed by atoms with Crippen molar-refractivity contribution in [2.75, 3.05) is 0 Å². The Morgan fingerprint density at radius 1 is 0.426 bits per heavy atom. The molecule has 0 unspecified atom stereocenters. The third kappa shape index (κ3) is 5.73. The van der Waals surface area contributed by atoms with Gasteiger partial charge in [-0.25, -0.2) is 65.9 Å². The molecule has 0 amide bonds. The molecule has 0 radical (unpaired) electrons. The van der Waals surface area contributed by atoms with E-state index >= 15 is 26.3 Å². The van der Waals surface area contributed by atoms with Crippen LogP contribution in [0.3, 0.4) is 0 Å². The van der Waals surface area contributed by atoms with Crippen molar-refractivity contribution in [2.24, 2.45) is 0 Å². The number of rotatable bonds is 9. The lowest BCUT2D eigenvalue weighted by molar-refractivity contribution is 0.379. The minimum Gasteiger partial charge on any atom is -0.643 e. The molecule has 0 fully saturated rings. The van der Waals surface area contributed by atoms with E-state index in [0.717, 1.165) is 24.3 Å². The second-order valence-electron chi connectivity index (χ2n) is 10.4. The molecule has 0 bridgehead atoms. The molecule has 0 aliphatic carbocycles. The highest BCUT2D eigenvalue weighted by Gasteiger charge is 2.48. The molecule has 18 heteroatoms. The first kappa shape index (κ1) is 36.1. The third-order valence-electron chi connectivity index (χ3n) is 7.89. The molecule has 0 atom stereocenters. The monoisotopic (exact) mass is 703 g/mol. The van der Waals surface area contributed by atoms with Crippen LogP contribution >= 0.6 is 0 Å². The summed E-state index contributed by atoms with van der Waals surface area (Å²) in [4.78, 5) is 0. The Balaban J connectivity index is 2.32. The summed E-state index contributed by atoms with van der Waals surface area (Å²) < 4.78 is 230. The largest absolute Gasteiger partial charge is 0.643 e. The Morgan fingerprint density at radius 2 is 0.681 bits per heavy atom. The first-order valence-corrected chi connectivity index (χ1v) is 15.6. The van der Waals surface area contributed by atoms with Gasteiger partial charge in [0.15, 0.2) is 52.4 Å². The van der Waals surface area contributed by atoms with Crippen molar-refractivity contribution in [1.82, 2.24) is 0 Å². The van der Waals surface area contributed by atoms with E-state index < -0.39 is 136 Å². The van der Waals surface area contributed by atoms with Crippen molar-refractivity contribution >= 4 is 37.0 Å². The van der Waals surface area contributed by atoms with Gasteiger partial charge in [0, 0.05) is 0 Å². The van der Waals surface area contributed by atoms with Crippen molar-refractivity contribution in [3.05, 3.63) is 117 Å². The van der Waals surface area contributed by atoms with E-state index in [9.17, 15) is 39.5 Å². The summed E-state index contributed by atoms with van der Waals surface area (Å²) in [5, 5.41) is 1.20. The van der Waals surface area contributed by atoms with E-state index in [1.807, 2.05) is 0 Å². The Bertz CT molecular complexity index is 1620. The molecule has 0 aliphatic heterocycles. The molecular formula is C29H16AlBF15O-. The SMILES string of the molecule is C[CH2][Al]([CH2]C)[O]c1ccc(C[B-](c2c(F)c(F)c(F)c(F)c2F)(c2c(F)c(F)c(F)c(F)c2F)c2c(F)c(F)c(F)c(F)c2F)cc1. The maximum atomic E-state index is 15.6. The van der Waals surface area contributed by atoms with Gasteiger partial charge in [0.05, 0.1) is 5.75 Å². The predicted octanol–water partition coefficient (Wildman–Crippen LogP) is 7.44. The Kier molecular flexibility index (Phi) is 10.3. The smallest absolute Gasteiger partial charge is 0.546 e. The van der Waals surface area contributed by atoms with E-state index in [2.05, 4.69) is 0 Å². The van der Waals surface area contributed by atoms with Crippen LogP contribution in [-0.4, -0.2) is 20.6 Å². The topological polar surface area (TPSA) is 9.23 Å². The quantitative estimate of drug-likeness (QED) is 0.0763. The summed E-state index contributed by atoms with van der Waals surface area (Å²) in [6.07, 6.45) is -7.53. The molecule has 0 heterocycles. The van der Waals surface area contributed by atoms with Crippen molar-refractivity contribution in [3.63, 3.8) is 0 Å². The highest BCUT2D eigenvalue weighted by Crippen LogP contribution is 2.30. The van der Waals surface area contributed by atoms with Crippen LogP contribution in [0.2, 0.25) is 10.6 Å². The van der Waals surface area contributed by atoms with Gasteiger partial charge in [-0.3, -0.25) is 0 Å². The normalized spacial score (nSPS) is 11.8. The maximum absolute atomic E-state index is 15.6. The van der Waals surface area contributed by atoms with Gasteiger partial charge in [0.25, 0.3) is 0 Å². The molecule has 47 heavy (non-hydrogen) atoms. The summed E-state index contributed by atoms with van der Waals surface area (Å²) in [7, 11) is 0. The molecule has 1 nitrogen and oxygen atoms in total. The second kappa shape index (κ2) is 13.4. The highest BCUT2D eigenvalue weighted by atomic mass is 27.2. The molecular weight excluding hydrogens is 687 g/mol. The average Bonchev–Trinajstić information content (AvgIpc) is 3.06. The van der Waals surface area contributed by atoms with Gasteiger partial charge in [-0.05, 0) is 12.1 Å². The van der Waals surface area contributed by atoms with E-state index in [0.29, 0.717) is 10.6 Å². The fraction of sp³-hybridized carbons (Fsp3) is 0.172. The lowest BCUT2D eigenvalue weighted by Crippen LogP contribution is -2.74. The summed E-state index contributed by atoms with van der Waals surface area (Å²) in [5.74, 6) is -45.2. The van der Waals surface area contributed by atoms with Crippen LogP contribution in [0.1, 0.15) is 19.4 Å². The second-order valence-corrected chi connectivity index (χ2v) is 13.5. The first-order valence-electron chi connectivity index (χ1n) is 13.5. The van der Waals surface area contributed by atoms with Gasteiger partial charge in [0.1, 0.15) is 41.0 Å². The molecule has 0 saturated carbocycles. The molecule has 4 aromatic carbocycles. The van der Waals surface area contributed by atoms with Crippen LogP contribution < -0.4 is 20.2 Å². The molecule has 0 N–H and O–H groups in total. The van der Waals surface area contributed by atoms with Crippen LogP contribution in [0.4, 0.5) is 65.9 Å². The first-order chi connectivity index (χ1) is 22.0. The summed E-state index contributed by atoms with van der Waals surface area (Å²) >= 11 is -1.86. The Morgan fingerprint density at radius 3 is 0.936 bits per heavy atom. The van der Waals surface area contributed by atoms with Gasteiger partial charge in [-0.2, -0.15) is 0 Å². The van der Waals surface area contributed by atoms with Crippen LogP contribution in [0.15, 0.2) is 24.3 Å². The van der Waals surface area contributed by atoms with E-state index in [-0.39, 0.29) is 5.75 Å². The maximum Gasteiger partial charge on any atom is 0.546 e. The van der Waals surface area contributed by atoms with Gasteiger partial charge in [-0.1, -0.05) is 42.1 Å². The molecule has 250 valence electrons. The Hall–Kier alpha value is -3.77. The fourth-order valence-corrected chi connectivity index (χ4v) is 7.06. The minimum absolute atomic E-state index is 0.0795. The lowest BCUT2D eigenvalue weighted by atomic mass is 9.13. The van der Waals surface area contributed by atoms with Crippen molar-refractivity contribution in [2.45, 2.75) is 30.7 Å². The molecule has 4 aromatic rings. The van der Waals surface area contributed by atoms with Gasteiger partial charge in [-0.15, -0.1) is 22.7 Å². The number of halogens is 15. The van der Waals surface area contributed by atoms with Crippen LogP contribution in [0.25, 0.3) is 0 Å². The fourth-order valence-electron chi connectivity index (χ4n) is 5.61. The van der Waals surface area contributed by atoms with Gasteiger partial charge < -0.3 is 3.79 Å². The molecule has 0 saturated heterocycles. The van der Waals surface area contributed by atoms with Crippen LogP contribution in [-0.2, 0) is 6.32 Å². The molecule has 4 rings (SSSR count).